The Hall–Kier alpha value is -0.930. The third-order valence-corrected chi connectivity index (χ3v) is 2.49. The molecule has 1 aromatic carbocycles. The second-order valence-corrected chi connectivity index (χ2v) is 3.80. The van der Waals surface area contributed by atoms with Crippen molar-refractivity contribution in [3.8, 4) is 0 Å². The maximum absolute atomic E-state index is 12.8. The van der Waals surface area contributed by atoms with Gasteiger partial charge in [0.25, 0.3) is 0 Å². The van der Waals surface area contributed by atoms with Gasteiger partial charge in [0.15, 0.2) is 0 Å². The van der Waals surface area contributed by atoms with Crippen molar-refractivity contribution in [3.63, 3.8) is 0 Å². The molecular weight excluding hydrogens is 205 g/mol. The third-order valence-electron chi connectivity index (χ3n) is 2.49. The van der Waals surface area contributed by atoms with Crippen LogP contribution >= 0.6 is 0 Å². The van der Waals surface area contributed by atoms with E-state index in [1.165, 1.54) is 12.1 Å². The quantitative estimate of drug-likeness (QED) is 0.716. The SMILES string of the molecule is CCCCC(NOCC)c1ccc(F)cc1. The average molecular weight is 225 g/mol. The van der Waals surface area contributed by atoms with E-state index in [9.17, 15) is 4.39 Å². The van der Waals surface area contributed by atoms with E-state index in [0.717, 1.165) is 24.8 Å². The lowest BCUT2D eigenvalue weighted by Gasteiger charge is -2.18. The van der Waals surface area contributed by atoms with Crippen LogP contribution in [0.5, 0.6) is 0 Å². The monoisotopic (exact) mass is 225 g/mol. The Balaban J connectivity index is 2.62. The van der Waals surface area contributed by atoms with Gasteiger partial charge in [-0.2, -0.15) is 5.48 Å². The highest BCUT2D eigenvalue weighted by Gasteiger charge is 2.10. The molecule has 1 unspecified atom stereocenters. The minimum Gasteiger partial charge on any atom is -0.302 e. The summed E-state index contributed by atoms with van der Waals surface area (Å²) in [5, 5.41) is 0. The van der Waals surface area contributed by atoms with Gasteiger partial charge in [-0.25, -0.2) is 4.39 Å². The first kappa shape index (κ1) is 13.1. The lowest BCUT2D eigenvalue weighted by atomic mass is 10.0. The molecule has 0 bridgehead atoms. The van der Waals surface area contributed by atoms with Crippen LogP contribution in [0, 0.1) is 5.82 Å². The Bertz CT molecular complexity index is 278. The van der Waals surface area contributed by atoms with Gasteiger partial charge in [-0.3, -0.25) is 0 Å². The first-order valence-corrected chi connectivity index (χ1v) is 5.90. The maximum atomic E-state index is 12.8. The van der Waals surface area contributed by atoms with Crippen LogP contribution in [0.25, 0.3) is 0 Å². The van der Waals surface area contributed by atoms with Crippen molar-refractivity contribution in [2.45, 2.75) is 39.2 Å². The predicted molar refractivity (Wildman–Crippen MR) is 63.4 cm³/mol. The lowest BCUT2D eigenvalue weighted by Crippen LogP contribution is -2.21. The van der Waals surface area contributed by atoms with E-state index < -0.39 is 0 Å². The molecule has 0 heterocycles. The van der Waals surface area contributed by atoms with Crippen LogP contribution in [-0.2, 0) is 4.84 Å². The van der Waals surface area contributed by atoms with Crippen molar-refractivity contribution in [2.75, 3.05) is 6.61 Å². The molecule has 0 aliphatic carbocycles. The molecule has 2 nitrogen and oxygen atoms in total. The number of rotatable bonds is 7. The molecule has 0 saturated carbocycles. The summed E-state index contributed by atoms with van der Waals surface area (Å²) in [5.74, 6) is -0.200. The largest absolute Gasteiger partial charge is 0.302 e. The molecule has 0 spiro atoms. The van der Waals surface area contributed by atoms with Gasteiger partial charge < -0.3 is 4.84 Å². The van der Waals surface area contributed by atoms with Crippen LogP contribution in [-0.4, -0.2) is 6.61 Å². The van der Waals surface area contributed by atoms with Gasteiger partial charge in [0, 0.05) is 0 Å². The average Bonchev–Trinajstić information content (AvgIpc) is 2.31. The van der Waals surface area contributed by atoms with Gasteiger partial charge in [-0.05, 0) is 31.0 Å². The summed E-state index contributed by atoms with van der Waals surface area (Å²) >= 11 is 0. The topological polar surface area (TPSA) is 21.3 Å². The van der Waals surface area contributed by atoms with E-state index >= 15 is 0 Å². The number of hydroxylamine groups is 1. The van der Waals surface area contributed by atoms with Crippen molar-refractivity contribution in [1.82, 2.24) is 5.48 Å². The van der Waals surface area contributed by atoms with E-state index in [0.29, 0.717) is 6.61 Å². The molecule has 0 fully saturated rings. The number of halogens is 1. The van der Waals surface area contributed by atoms with E-state index in [2.05, 4.69) is 12.4 Å². The summed E-state index contributed by atoms with van der Waals surface area (Å²) in [4.78, 5) is 5.23. The van der Waals surface area contributed by atoms with Crippen molar-refractivity contribution in [2.24, 2.45) is 0 Å². The number of hydrogen-bond acceptors (Lipinski definition) is 2. The standard InChI is InChI=1S/C13H20FNO/c1-3-5-6-13(15-16-4-2)11-7-9-12(14)10-8-11/h7-10,13,15H,3-6H2,1-2H3. The second kappa shape index (κ2) is 7.36. The minimum absolute atomic E-state index is 0.153. The van der Waals surface area contributed by atoms with Crippen molar-refractivity contribution in [3.05, 3.63) is 35.6 Å². The van der Waals surface area contributed by atoms with Gasteiger partial charge in [0.2, 0.25) is 0 Å². The van der Waals surface area contributed by atoms with Gasteiger partial charge >= 0.3 is 0 Å². The molecule has 1 N–H and O–H groups in total. The third kappa shape index (κ3) is 4.29. The molecule has 1 atom stereocenters. The predicted octanol–water partition coefficient (Wildman–Crippen LogP) is 3.60. The molecule has 0 aliphatic rings. The van der Waals surface area contributed by atoms with Crippen LogP contribution in [0.4, 0.5) is 4.39 Å². The van der Waals surface area contributed by atoms with E-state index in [-0.39, 0.29) is 11.9 Å². The van der Waals surface area contributed by atoms with E-state index in [1.54, 1.807) is 0 Å². The van der Waals surface area contributed by atoms with Crippen molar-refractivity contribution in [1.29, 1.82) is 0 Å². The van der Waals surface area contributed by atoms with Crippen molar-refractivity contribution < 1.29 is 9.23 Å². The Kier molecular flexibility index (Phi) is 6.04. The number of benzene rings is 1. The summed E-state index contributed by atoms with van der Waals surface area (Å²) < 4.78 is 12.8. The molecule has 1 rings (SSSR count). The summed E-state index contributed by atoms with van der Waals surface area (Å²) in [7, 11) is 0. The zero-order chi connectivity index (χ0) is 11.8. The van der Waals surface area contributed by atoms with E-state index in [1.807, 2.05) is 19.1 Å². The first-order chi connectivity index (χ1) is 7.77. The fraction of sp³-hybridized carbons (Fsp3) is 0.538. The first-order valence-electron chi connectivity index (χ1n) is 5.90. The summed E-state index contributed by atoms with van der Waals surface area (Å²) in [6.07, 6.45) is 3.27. The molecule has 16 heavy (non-hydrogen) atoms. The highest BCUT2D eigenvalue weighted by molar-refractivity contribution is 5.19. The van der Waals surface area contributed by atoms with Gasteiger partial charge in [0.1, 0.15) is 5.82 Å². The number of nitrogens with one attached hydrogen (secondary N) is 1. The molecule has 1 aromatic rings. The van der Waals surface area contributed by atoms with Crippen LogP contribution < -0.4 is 5.48 Å². The molecule has 3 heteroatoms. The Morgan fingerprint density at radius 3 is 2.50 bits per heavy atom. The Morgan fingerprint density at radius 2 is 1.94 bits per heavy atom. The molecule has 0 amide bonds. The molecule has 0 aliphatic heterocycles. The van der Waals surface area contributed by atoms with Crippen LogP contribution in [0.1, 0.15) is 44.7 Å². The normalized spacial score (nSPS) is 12.7. The minimum atomic E-state index is -0.200. The van der Waals surface area contributed by atoms with Gasteiger partial charge in [0.05, 0.1) is 12.6 Å². The van der Waals surface area contributed by atoms with E-state index in [4.69, 9.17) is 4.84 Å². The number of hydrogen-bond donors (Lipinski definition) is 1. The Morgan fingerprint density at radius 1 is 1.25 bits per heavy atom. The molecule has 0 saturated heterocycles. The van der Waals surface area contributed by atoms with Crippen LogP contribution in [0.15, 0.2) is 24.3 Å². The lowest BCUT2D eigenvalue weighted by molar-refractivity contribution is 0.0213. The fourth-order valence-electron chi connectivity index (χ4n) is 1.58. The summed E-state index contributed by atoms with van der Waals surface area (Å²) in [6.45, 7) is 4.72. The molecule has 90 valence electrons. The maximum Gasteiger partial charge on any atom is 0.123 e. The molecule has 0 radical (unpaired) electrons. The smallest absolute Gasteiger partial charge is 0.123 e. The van der Waals surface area contributed by atoms with Gasteiger partial charge in [-0.15, -0.1) is 0 Å². The zero-order valence-electron chi connectivity index (χ0n) is 10.0. The van der Waals surface area contributed by atoms with Crippen LogP contribution in [0.3, 0.4) is 0 Å². The van der Waals surface area contributed by atoms with Gasteiger partial charge in [-0.1, -0.05) is 31.9 Å². The Labute approximate surface area is 96.8 Å². The molecule has 0 aromatic heterocycles. The molecular formula is C13H20FNO. The van der Waals surface area contributed by atoms with Crippen molar-refractivity contribution >= 4 is 0 Å². The fourth-order valence-corrected chi connectivity index (χ4v) is 1.58. The highest BCUT2D eigenvalue weighted by Crippen LogP contribution is 2.19. The summed E-state index contributed by atoms with van der Waals surface area (Å²) in [6, 6.07) is 6.74. The zero-order valence-corrected chi connectivity index (χ0v) is 10.0. The highest BCUT2D eigenvalue weighted by atomic mass is 19.1. The number of unbranched alkanes of at least 4 members (excludes halogenated alkanes) is 1. The second-order valence-electron chi connectivity index (χ2n) is 3.80. The summed E-state index contributed by atoms with van der Waals surface area (Å²) in [5.41, 5.74) is 4.09. The van der Waals surface area contributed by atoms with Crippen LogP contribution in [0.2, 0.25) is 0 Å².